The van der Waals surface area contributed by atoms with Gasteiger partial charge < -0.3 is 4.90 Å². The number of hydrogen-bond acceptors (Lipinski definition) is 1. The molecule has 2 aliphatic rings. The third-order valence-corrected chi connectivity index (χ3v) is 4.13. The Morgan fingerprint density at radius 2 is 1.94 bits per heavy atom. The van der Waals surface area contributed by atoms with E-state index in [2.05, 4.69) is 35.2 Å². The van der Waals surface area contributed by atoms with Crippen LogP contribution in [0.3, 0.4) is 0 Å². The third-order valence-electron chi connectivity index (χ3n) is 4.13. The number of carbonyl (C=O) groups is 1. The molecule has 0 spiro atoms. The van der Waals surface area contributed by atoms with Crippen LogP contribution in [0.1, 0.15) is 31.2 Å². The molecule has 0 N–H and O–H groups in total. The van der Waals surface area contributed by atoms with Crippen molar-refractivity contribution < 1.29 is 4.79 Å². The smallest absolute Gasteiger partial charge is 0.222 e. The van der Waals surface area contributed by atoms with Crippen LogP contribution in [0.5, 0.6) is 0 Å². The lowest BCUT2D eigenvalue weighted by Gasteiger charge is -2.47. The van der Waals surface area contributed by atoms with E-state index in [0.717, 1.165) is 32.4 Å². The average molecular weight is 215 g/mol. The van der Waals surface area contributed by atoms with Crippen molar-refractivity contribution in [2.24, 2.45) is 0 Å². The van der Waals surface area contributed by atoms with E-state index in [1.165, 1.54) is 12.0 Å². The Balaban J connectivity index is 1.96. The maximum Gasteiger partial charge on any atom is 0.222 e. The number of nitrogens with zero attached hydrogens (tertiary/aromatic N) is 1. The van der Waals surface area contributed by atoms with Gasteiger partial charge in [0.25, 0.3) is 0 Å². The van der Waals surface area contributed by atoms with Crippen LogP contribution in [0.15, 0.2) is 30.3 Å². The van der Waals surface area contributed by atoms with Crippen molar-refractivity contribution in [2.45, 2.75) is 31.1 Å². The summed E-state index contributed by atoms with van der Waals surface area (Å²) in [5.74, 6) is 0.353. The summed E-state index contributed by atoms with van der Waals surface area (Å²) in [6.07, 6.45) is 4.16. The van der Waals surface area contributed by atoms with Crippen molar-refractivity contribution in [3.8, 4) is 0 Å². The maximum atomic E-state index is 11.7. The molecule has 2 aliphatic heterocycles. The molecule has 2 saturated heterocycles. The molecule has 1 unspecified atom stereocenters. The van der Waals surface area contributed by atoms with Crippen LogP contribution >= 0.6 is 0 Å². The molecule has 3 rings (SSSR count). The highest BCUT2D eigenvalue weighted by Gasteiger charge is 2.42. The molecule has 2 heteroatoms. The topological polar surface area (TPSA) is 20.3 Å². The highest BCUT2D eigenvalue weighted by Crippen LogP contribution is 2.41. The molecule has 1 amide bonds. The molecule has 0 aromatic heterocycles. The van der Waals surface area contributed by atoms with E-state index in [9.17, 15) is 4.79 Å². The maximum absolute atomic E-state index is 11.7. The van der Waals surface area contributed by atoms with Gasteiger partial charge in [-0.2, -0.15) is 0 Å². The SMILES string of the molecule is O=C1CCC2(c3ccccc3)CCCN1C2. The van der Waals surface area contributed by atoms with Gasteiger partial charge in [-0.15, -0.1) is 0 Å². The number of carbonyl (C=O) groups excluding carboxylic acids is 1. The van der Waals surface area contributed by atoms with E-state index in [1.807, 2.05) is 0 Å². The molecule has 0 saturated carbocycles. The van der Waals surface area contributed by atoms with E-state index in [0.29, 0.717) is 5.91 Å². The first-order chi connectivity index (χ1) is 7.80. The Bertz CT molecular complexity index is 400. The Morgan fingerprint density at radius 3 is 2.75 bits per heavy atom. The first kappa shape index (κ1) is 9.88. The standard InChI is InChI=1S/C14H17NO/c16-13-7-9-14(8-4-10-15(13)11-14)12-5-2-1-3-6-12/h1-3,5-6H,4,7-11H2. The zero-order valence-electron chi connectivity index (χ0n) is 9.48. The molecule has 0 aliphatic carbocycles. The Labute approximate surface area is 96.3 Å². The molecule has 2 bridgehead atoms. The fraction of sp³-hybridized carbons (Fsp3) is 0.500. The van der Waals surface area contributed by atoms with E-state index in [1.54, 1.807) is 0 Å². The fourth-order valence-corrected chi connectivity index (χ4v) is 3.22. The zero-order chi connectivity index (χ0) is 11.0. The summed E-state index contributed by atoms with van der Waals surface area (Å²) in [5, 5.41) is 0. The van der Waals surface area contributed by atoms with Gasteiger partial charge in [0.1, 0.15) is 0 Å². The first-order valence-corrected chi connectivity index (χ1v) is 6.14. The summed E-state index contributed by atoms with van der Waals surface area (Å²) in [6.45, 7) is 1.91. The molecule has 0 radical (unpaired) electrons. The molecule has 2 nitrogen and oxygen atoms in total. The summed E-state index contributed by atoms with van der Waals surface area (Å²) in [4.78, 5) is 13.8. The lowest BCUT2D eigenvalue weighted by Crippen LogP contribution is -2.52. The molecule has 2 heterocycles. The molecule has 1 aromatic rings. The van der Waals surface area contributed by atoms with Gasteiger partial charge in [0, 0.05) is 24.9 Å². The summed E-state index contributed by atoms with van der Waals surface area (Å²) in [7, 11) is 0. The zero-order valence-corrected chi connectivity index (χ0v) is 9.48. The highest BCUT2D eigenvalue weighted by atomic mass is 16.2. The van der Waals surface area contributed by atoms with Crippen molar-refractivity contribution in [1.82, 2.24) is 4.90 Å². The van der Waals surface area contributed by atoms with Gasteiger partial charge >= 0.3 is 0 Å². The number of amides is 1. The number of piperidine rings is 2. The summed E-state index contributed by atoms with van der Waals surface area (Å²) >= 11 is 0. The van der Waals surface area contributed by atoms with Crippen molar-refractivity contribution in [2.75, 3.05) is 13.1 Å². The van der Waals surface area contributed by atoms with Gasteiger partial charge in [-0.25, -0.2) is 0 Å². The quantitative estimate of drug-likeness (QED) is 0.704. The van der Waals surface area contributed by atoms with Gasteiger partial charge in [-0.05, 0) is 24.8 Å². The third kappa shape index (κ3) is 1.44. The summed E-state index contributed by atoms with van der Waals surface area (Å²) in [6, 6.07) is 10.7. The van der Waals surface area contributed by atoms with Crippen LogP contribution in [0, 0.1) is 0 Å². The normalized spacial score (nSPS) is 29.2. The van der Waals surface area contributed by atoms with Crippen molar-refractivity contribution in [3.63, 3.8) is 0 Å². The van der Waals surface area contributed by atoms with E-state index >= 15 is 0 Å². The minimum absolute atomic E-state index is 0.257. The monoisotopic (exact) mass is 215 g/mol. The van der Waals surface area contributed by atoms with Crippen LogP contribution in [0.2, 0.25) is 0 Å². The summed E-state index contributed by atoms with van der Waals surface area (Å²) in [5.41, 5.74) is 1.68. The van der Waals surface area contributed by atoms with Crippen LogP contribution < -0.4 is 0 Å². The molecule has 16 heavy (non-hydrogen) atoms. The largest absolute Gasteiger partial charge is 0.342 e. The van der Waals surface area contributed by atoms with Crippen LogP contribution in [0.4, 0.5) is 0 Å². The van der Waals surface area contributed by atoms with Gasteiger partial charge in [-0.1, -0.05) is 30.3 Å². The molecule has 2 fully saturated rings. The minimum atomic E-state index is 0.257. The van der Waals surface area contributed by atoms with Crippen molar-refractivity contribution >= 4 is 5.91 Å². The molecule has 1 aromatic carbocycles. The van der Waals surface area contributed by atoms with Gasteiger partial charge in [0.05, 0.1) is 0 Å². The Morgan fingerprint density at radius 1 is 1.12 bits per heavy atom. The highest BCUT2D eigenvalue weighted by molar-refractivity contribution is 5.77. The first-order valence-electron chi connectivity index (χ1n) is 6.14. The second-order valence-electron chi connectivity index (χ2n) is 5.07. The fourth-order valence-electron chi connectivity index (χ4n) is 3.22. The molecule has 1 atom stereocenters. The molecular weight excluding hydrogens is 198 g/mol. The molecule has 84 valence electrons. The predicted molar refractivity (Wildman–Crippen MR) is 63.2 cm³/mol. The number of rotatable bonds is 1. The van der Waals surface area contributed by atoms with Crippen molar-refractivity contribution in [1.29, 1.82) is 0 Å². The second-order valence-corrected chi connectivity index (χ2v) is 5.07. The second kappa shape index (κ2) is 3.62. The Hall–Kier alpha value is -1.31. The van der Waals surface area contributed by atoms with Crippen LogP contribution in [0.25, 0.3) is 0 Å². The summed E-state index contributed by atoms with van der Waals surface area (Å²) < 4.78 is 0. The van der Waals surface area contributed by atoms with E-state index in [4.69, 9.17) is 0 Å². The minimum Gasteiger partial charge on any atom is -0.342 e. The van der Waals surface area contributed by atoms with Gasteiger partial charge in [-0.3, -0.25) is 4.79 Å². The Kier molecular flexibility index (Phi) is 2.23. The number of fused-ring (bicyclic) bond motifs is 2. The van der Waals surface area contributed by atoms with Crippen LogP contribution in [-0.2, 0) is 10.2 Å². The number of hydrogen-bond donors (Lipinski definition) is 0. The van der Waals surface area contributed by atoms with Crippen molar-refractivity contribution in [3.05, 3.63) is 35.9 Å². The van der Waals surface area contributed by atoms with Gasteiger partial charge in [0.2, 0.25) is 5.91 Å². The van der Waals surface area contributed by atoms with E-state index < -0.39 is 0 Å². The lowest BCUT2D eigenvalue weighted by molar-refractivity contribution is -0.137. The predicted octanol–water partition coefficient (Wildman–Crippen LogP) is 2.34. The van der Waals surface area contributed by atoms with Gasteiger partial charge in [0.15, 0.2) is 0 Å². The molecular formula is C14H17NO. The van der Waals surface area contributed by atoms with Crippen LogP contribution in [-0.4, -0.2) is 23.9 Å². The average Bonchev–Trinajstić information content (AvgIpc) is 2.36. The van der Waals surface area contributed by atoms with E-state index in [-0.39, 0.29) is 5.41 Å². The number of benzene rings is 1. The lowest BCUT2D eigenvalue weighted by atomic mass is 9.69.